The van der Waals surface area contributed by atoms with Crippen LogP contribution in [0.25, 0.3) is 0 Å². The number of carbonyl (C=O) groups is 1. The lowest BCUT2D eigenvalue weighted by Crippen LogP contribution is -2.36. The Labute approximate surface area is 129 Å². The van der Waals surface area contributed by atoms with Crippen LogP contribution in [0.1, 0.15) is 55.8 Å². The fourth-order valence-corrected chi connectivity index (χ4v) is 5.13. The first-order valence-corrected chi connectivity index (χ1v) is 9.70. The molecular formula is C14H19N3O4S. The van der Waals surface area contributed by atoms with Crippen LogP contribution in [0.15, 0.2) is 4.52 Å². The SMILES string of the molecule is O=C([C@H]1CCS(=O)(=O)C1)N1CCC[C@@H]1c1noc(C2CC2)n1. The highest BCUT2D eigenvalue weighted by molar-refractivity contribution is 7.91. The summed E-state index contributed by atoms with van der Waals surface area (Å²) in [4.78, 5) is 18.9. The Morgan fingerprint density at radius 1 is 1.23 bits per heavy atom. The molecule has 8 heteroatoms. The van der Waals surface area contributed by atoms with Gasteiger partial charge in [0.1, 0.15) is 0 Å². The van der Waals surface area contributed by atoms with E-state index in [1.807, 2.05) is 0 Å². The van der Waals surface area contributed by atoms with Crippen molar-refractivity contribution in [2.75, 3.05) is 18.1 Å². The molecule has 1 aromatic rings. The molecule has 2 saturated heterocycles. The number of likely N-dealkylation sites (tertiary alicyclic amines) is 1. The first-order chi connectivity index (χ1) is 10.5. The second-order valence-corrected chi connectivity index (χ2v) is 8.78. The number of carbonyl (C=O) groups excluding carboxylic acids is 1. The van der Waals surface area contributed by atoms with Gasteiger partial charge in [-0.25, -0.2) is 8.42 Å². The maximum absolute atomic E-state index is 12.6. The molecular weight excluding hydrogens is 306 g/mol. The van der Waals surface area contributed by atoms with Crippen molar-refractivity contribution in [3.8, 4) is 0 Å². The smallest absolute Gasteiger partial charge is 0.229 e. The molecule has 1 saturated carbocycles. The van der Waals surface area contributed by atoms with Crippen LogP contribution in [0.2, 0.25) is 0 Å². The lowest BCUT2D eigenvalue weighted by molar-refractivity contribution is -0.135. The van der Waals surface area contributed by atoms with Gasteiger partial charge >= 0.3 is 0 Å². The summed E-state index contributed by atoms with van der Waals surface area (Å²) in [6.45, 7) is 0.646. The van der Waals surface area contributed by atoms with E-state index in [1.54, 1.807) is 4.90 Å². The maximum Gasteiger partial charge on any atom is 0.229 e. The summed E-state index contributed by atoms with van der Waals surface area (Å²) in [5.74, 6) is 1.28. The molecule has 1 amide bonds. The van der Waals surface area contributed by atoms with E-state index in [2.05, 4.69) is 10.1 Å². The quantitative estimate of drug-likeness (QED) is 0.824. The van der Waals surface area contributed by atoms with E-state index in [0.29, 0.717) is 30.6 Å². The summed E-state index contributed by atoms with van der Waals surface area (Å²) < 4.78 is 28.5. The number of amides is 1. The fourth-order valence-electron chi connectivity index (χ4n) is 3.40. The van der Waals surface area contributed by atoms with E-state index >= 15 is 0 Å². The van der Waals surface area contributed by atoms with Crippen LogP contribution in [-0.4, -0.2) is 47.4 Å². The number of nitrogens with zero attached hydrogens (tertiary/aromatic N) is 3. The van der Waals surface area contributed by atoms with Gasteiger partial charge in [-0.05, 0) is 32.1 Å². The molecule has 0 radical (unpaired) electrons. The van der Waals surface area contributed by atoms with E-state index in [0.717, 1.165) is 25.7 Å². The highest BCUT2D eigenvalue weighted by atomic mass is 32.2. The van der Waals surface area contributed by atoms with Gasteiger partial charge < -0.3 is 9.42 Å². The molecule has 0 bridgehead atoms. The van der Waals surface area contributed by atoms with Crippen LogP contribution in [0.3, 0.4) is 0 Å². The van der Waals surface area contributed by atoms with Crippen molar-refractivity contribution in [3.05, 3.63) is 11.7 Å². The molecule has 7 nitrogen and oxygen atoms in total. The van der Waals surface area contributed by atoms with Crippen LogP contribution in [0.5, 0.6) is 0 Å². The molecule has 3 fully saturated rings. The molecule has 4 rings (SSSR count). The minimum absolute atomic E-state index is 0.0192. The Bertz CT molecular complexity index is 695. The van der Waals surface area contributed by atoms with Crippen molar-refractivity contribution in [2.24, 2.45) is 5.92 Å². The van der Waals surface area contributed by atoms with Gasteiger partial charge in [0.25, 0.3) is 0 Å². The molecule has 0 spiro atoms. The van der Waals surface area contributed by atoms with Crippen LogP contribution in [0, 0.1) is 5.92 Å². The first-order valence-electron chi connectivity index (χ1n) is 7.88. The van der Waals surface area contributed by atoms with Gasteiger partial charge in [0.05, 0.1) is 23.5 Å². The van der Waals surface area contributed by atoms with Crippen molar-refractivity contribution >= 4 is 15.7 Å². The van der Waals surface area contributed by atoms with Crippen molar-refractivity contribution in [3.63, 3.8) is 0 Å². The zero-order valence-corrected chi connectivity index (χ0v) is 13.1. The highest BCUT2D eigenvalue weighted by Crippen LogP contribution is 2.40. The molecule has 22 heavy (non-hydrogen) atoms. The second kappa shape index (κ2) is 5.04. The third kappa shape index (κ3) is 2.53. The Balaban J connectivity index is 1.51. The molecule has 3 heterocycles. The van der Waals surface area contributed by atoms with Gasteiger partial charge in [0, 0.05) is 12.5 Å². The average Bonchev–Trinajstić information content (AvgIpc) is 2.92. The lowest BCUT2D eigenvalue weighted by atomic mass is 10.1. The van der Waals surface area contributed by atoms with Crippen molar-refractivity contribution in [1.29, 1.82) is 0 Å². The summed E-state index contributed by atoms with van der Waals surface area (Å²) in [6, 6.07) is -0.160. The molecule has 1 aliphatic carbocycles. The molecule has 0 unspecified atom stereocenters. The number of hydrogen-bond donors (Lipinski definition) is 0. The Kier molecular flexibility index (Phi) is 3.25. The summed E-state index contributed by atoms with van der Waals surface area (Å²) in [5.41, 5.74) is 0. The summed E-state index contributed by atoms with van der Waals surface area (Å²) >= 11 is 0. The summed E-state index contributed by atoms with van der Waals surface area (Å²) in [5, 5.41) is 4.05. The minimum Gasteiger partial charge on any atom is -0.339 e. The molecule has 0 N–H and O–H groups in total. The van der Waals surface area contributed by atoms with Crippen LogP contribution >= 0.6 is 0 Å². The van der Waals surface area contributed by atoms with Crippen LogP contribution < -0.4 is 0 Å². The summed E-state index contributed by atoms with van der Waals surface area (Å²) in [6.07, 6.45) is 4.33. The Hall–Kier alpha value is -1.44. The average molecular weight is 325 g/mol. The van der Waals surface area contributed by atoms with E-state index in [-0.39, 0.29) is 23.5 Å². The Morgan fingerprint density at radius 2 is 2.05 bits per heavy atom. The molecule has 3 aliphatic rings. The number of hydrogen-bond acceptors (Lipinski definition) is 6. The third-order valence-corrected chi connectivity index (χ3v) is 6.57. The van der Waals surface area contributed by atoms with Crippen molar-refractivity contribution < 1.29 is 17.7 Å². The van der Waals surface area contributed by atoms with Crippen LogP contribution in [0.4, 0.5) is 0 Å². The van der Waals surface area contributed by atoms with Crippen molar-refractivity contribution in [2.45, 2.75) is 44.1 Å². The predicted octanol–water partition coefficient (Wildman–Crippen LogP) is 1.05. The zero-order valence-electron chi connectivity index (χ0n) is 12.3. The second-order valence-electron chi connectivity index (χ2n) is 6.55. The van der Waals surface area contributed by atoms with E-state index in [1.165, 1.54) is 0 Å². The Morgan fingerprint density at radius 3 is 2.73 bits per heavy atom. The predicted molar refractivity (Wildman–Crippen MR) is 76.7 cm³/mol. The van der Waals surface area contributed by atoms with Gasteiger partial charge in [-0.3, -0.25) is 4.79 Å². The highest BCUT2D eigenvalue weighted by Gasteiger charge is 2.41. The minimum atomic E-state index is -3.05. The van der Waals surface area contributed by atoms with Crippen molar-refractivity contribution in [1.82, 2.24) is 15.0 Å². The zero-order chi connectivity index (χ0) is 15.3. The molecule has 120 valence electrons. The maximum atomic E-state index is 12.6. The van der Waals surface area contributed by atoms with Gasteiger partial charge in [-0.15, -0.1) is 0 Å². The van der Waals surface area contributed by atoms with E-state index in [9.17, 15) is 13.2 Å². The van der Waals surface area contributed by atoms with Crippen LogP contribution in [-0.2, 0) is 14.6 Å². The summed E-state index contributed by atoms with van der Waals surface area (Å²) in [7, 11) is -3.05. The standard InChI is InChI=1S/C14H19N3O4S/c18-14(10-5-7-22(19,20)8-10)17-6-1-2-11(17)12-15-13(21-16-12)9-3-4-9/h9-11H,1-8H2/t10-,11+/m0/s1. The third-order valence-electron chi connectivity index (χ3n) is 4.80. The lowest BCUT2D eigenvalue weighted by Gasteiger charge is -2.24. The molecule has 2 atom stereocenters. The van der Waals surface area contributed by atoms with E-state index in [4.69, 9.17) is 4.52 Å². The largest absolute Gasteiger partial charge is 0.339 e. The van der Waals surface area contributed by atoms with Gasteiger partial charge in [0.15, 0.2) is 15.7 Å². The number of sulfone groups is 1. The normalized spacial score (nSPS) is 30.8. The number of aromatic nitrogens is 2. The van der Waals surface area contributed by atoms with Gasteiger partial charge in [0.2, 0.25) is 11.8 Å². The van der Waals surface area contributed by atoms with E-state index < -0.39 is 15.8 Å². The molecule has 1 aromatic heterocycles. The molecule has 2 aliphatic heterocycles. The monoisotopic (exact) mass is 325 g/mol. The topological polar surface area (TPSA) is 93.4 Å². The van der Waals surface area contributed by atoms with Gasteiger partial charge in [-0.2, -0.15) is 4.98 Å². The fraction of sp³-hybridized carbons (Fsp3) is 0.786. The first kappa shape index (κ1) is 14.2. The van der Waals surface area contributed by atoms with Gasteiger partial charge in [-0.1, -0.05) is 5.16 Å². The number of rotatable bonds is 3. The molecule has 0 aromatic carbocycles.